The molecule has 6 saturated heterocycles. The Hall–Kier alpha value is -2.70. The first-order valence-electron chi connectivity index (χ1n) is 19.6. The van der Waals surface area contributed by atoms with Crippen molar-refractivity contribution in [3.63, 3.8) is 0 Å². The van der Waals surface area contributed by atoms with Gasteiger partial charge in [-0.1, -0.05) is 47.7 Å². The highest BCUT2D eigenvalue weighted by Gasteiger charge is 2.60. The number of hydrogen-bond donors (Lipinski definition) is 3. The van der Waals surface area contributed by atoms with Gasteiger partial charge in [0.1, 0.15) is 0 Å². The Balaban J connectivity index is 0.000000125. The molecule has 4 N–H and O–H groups in total. The summed E-state index contributed by atoms with van der Waals surface area (Å²) in [5, 5.41) is 23.1. The minimum Gasteiger partial charge on any atom is -0.418 e. The smallest absolute Gasteiger partial charge is 0.299 e. The van der Waals surface area contributed by atoms with Gasteiger partial charge in [0, 0.05) is 50.1 Å². The van der Waals surface area contributed by atoms with Crippen LogP contribution >= 0.6 is 22.7 Å². The molecule has 8 heterocycles. The zero-order valence-electron chi connectivity index (χ0n) is 31.6. The number of nitrogens with zero attached hydrogens (tertiary/aromatic N) is 2. The monoisotopic (exact) mass is 757 g/mol. The van der Waals surface area contributed by atoms with Crippen LogP contribution in [0, 0.1) is 17.8 Å². The third-order valence-electron chi connectivity index (χ3n) is 13.5. The van der Waals surface area contributed by atoms with Gasteiger partial charge in [-0.2, -0.15) is 0 Å². The first kappa shape index (κ1) is 37.2. The number of nitrogens with two attached hydrogens (primary N) is 1. The van der Waals surface area contributed by atoms with Gasteiger partial charge in [-0.3, -0.25) is 19.4 Å². The third-order valence-corrected chi connectivity index (χ3v) is 15.8. The van der Waals surface area contributed by atoms with Crippen molar-refractivity contribution < 1.29 is 24.5 Å². The molecule has 2 aromatic heterocycles. The van der Waals surface area contributed by atoms with E-state index in [1.165, 1.54) is 88.9 Å². The van der Waals surface area contributed by atoms with E-state index in [1.807, 2.05) is 50.2 Å². The van der Waals surface area contributed by atoms with Crippen molar-refractivity contribution >= 4 is 55.1 Å². The minimum absolute atomic E-state index is 0.304. The van der Waals surface area contributed by atoms with Crippen LogP contribution in [-0.4, -0.2) is 75.6 Å². The molecule has 284 valence electrons. The standard InChI is InChI=1S/C22H27NO2S.C12H12O3S.C9H16N2/c1-21(2,25)16-5-3-4-15-12-19(26-20(15)16)18(24)13-17-14-6-10-23(11-7-14)22(17)8-9-22;1-12(2,14)9-5-3-4-8-6-10(15-7-13)16-11(8)9;10-8-7-1-5-11(6-2-7)9(8)3-4-9/h3-5,12,14,17,25H,6-11,13H2,1-2H3;3-7,14H,1-2H3;7-8H,1-6,10H2/t17-;;8-/m1.1/s1. The van der Waals surface area contributed by atoms with Crippen LogP contribution in [0.2, 0.25) is 0 Å². The summed E-state index contributed by atoms with van der Waals surface area (Å²) < 4.78 is 6.82. The lowest BCUT2D eigenvalue weighted by molar-refractivity contribution is -0.120. The maximum Gasteiger partial charge on any atom is 0.299 e. The molecule has 0 amide bonds. The van der Waals surface area contributed by atoms with Crippen LogP contribution in [0.1, 0.15) is 106 Å². The number of carbonyl (C=O) groups is 2. The van der Waals surface area contributed by atoms with Gasteiger partial charge >= 0.3 is 0 Å². The van der Waals surface area contributed by atoms with Crippen LogP contribution in [-0.2, 0) is 16.0 Å². The molecule has 8 fully saturated rings. The quantitative estimate of drug-likeness (QED) is 0.129. The van der Waals surface area contributed by atoms with Crippen LogP contribution in [0.3, 0.4) is 0 Å². The molecule has 4 aromatic rings. The first-order valence-corrected chi connectivity index (χ1v) is 21.3. The van der Waals surface area contributed by atoms with Gasteiger partial charge in [-0.15, -0.1) is 11.3 Å². The summed E-state index contributed by atoms with van der Waals surface area (Å²) in [7, 11) is 0. The van der Waals surface area contributed by atoms with E-state index in [0.29, 0.717) is 46.8 Å². The van der Waals surface area contributed by atoms with Crippen molar-refractivity contribution in [2.45, 2.75) is 114 Å². The highest BCUT2D eigenvalue weighted by Crippen LogP contribution is 2.59. The Bertz CT molecular complexity index is 1980. The van der Waals surface area contributed by atoms with E-state index in [-0.39, 0.29) is 0 Å². The Labute approximate surface area is 321 Å². The molecule has 6 aliphatic heterocycles. The number of fused-ring (bicyclic) bond motifs is 6. The van der Waals surface area contributed by atoms with E-state index >= 15 is 0 Å². The molecular weight excluding hydrogens is 703 g/mol. The Morgan fingerprint density at radius 1 is 0.811 bits per heavy atom. The minimum atomic E-state index is -0.900. The molecule has 0 radical (unpaired) electrons. The maximum absolute atomic E-state index is 13.2. The molecular formula is C43H55N3O5S2. The van der Waals surface area contributed by atoms with Gasteiger partial charge in [0.15, 0.2) is 10.8 Å². The summed E-state index contributed by atoms with van der Waals surface area (Å²) in [6, 6.07) is 16.0. The van der Waals surface area contributed by atoms with Crippen molar-refractivity contribution in [3.8, 4) is 5.06 Å². The van der Waals surface area contributed by atoms with Crippen LogP contribution < -0.4 is 10.5 Å². The fourth-order valence-corrected chi connectivity index (χ4v) is 12.8. The second kappa shape index (κ2) is 13.8. The SMILES string of the molecule is CC(C)(O)c1cccc2cc(C(=O)C[C@@H]3C4CCN(CC4)C34CC4)sc12.CC(C)(O)c1cccc2cc(OC=O)sc12.N[C@@H]1C2CCN(CC2)C12CC2. The van der Waals surface area contributed by atoms with Crippen molar-refractivity contribution in [1.82, 2.24) is 9.80 Å². The highest BCUT2D eigenvalue weighted by atomic mass is 32.1. The Kier molecular flexibility index (Phi) is 9.69. The molecule has 8 aliphatic rings. The lowest BCUT2D eigenvalue weighted by Crippen LogP contribution is -2.63. The first-order chi connectivity index (χ1) is 25.2. The summed E-state index contributed by atoms with van der Waals surface area (Å²) in [5.74, 6) is 2.46. The second-order valence-corrected chi connectivity index (χ2v) is 19.6. The highest BCUT2D eigenvalue weighted by molar-refractivity contribution is 7.21. The van der Waals surface area contributed by atoms with Crippen molar-refractivity contribution in [2.24, 2.45) is 23.5 Å². The fraction of sp³-hybridized carbons (Fsp3) is 0.581. The van der Waals surface area contributed by atoms with Gasteiger partial charge in [-0.05, 0) is 140 Å². The van der Waals surface area contributed by atoms with Crippen molar-refractivity contribution in [3.05, 3.63) is 64.5 Å². The van der Waals surface area contributed by atoms with Gasteiger partial charge in [0.2, 0.25) is 0 Å². The van der Waals surface area contributed by atoms with Crippen LogP contribution in [0.25, 0.3) is 20.2 Å². The van der Waals surface area contributed by atoms with Crippen LogP contribution in [0.15, 0.2) is 48.5 Å². The largest absolute Gasteiger partial charge is 0.418 e. The number of thiophene rings is 2. The number of ketones is 1. The van der Waals surface area contributed by atoms with Gasteiger partial charge in [0.25, 0.3) is 6.47 Å². The van der Waals surface area contributed by atoms with Crippen LogP contribution in [0.5, 0.6) is 5.06 Å². The average molecular weight is 758 g/mol. The summed E-state index contributed by atoms with van der Waals surface area (Å²) in [6.45, 7) is 12.7. The van der Waals surface area contributed by atoms with E-state index in [0.717, 1.165) is 48.0 Å². The average Bonchev–Trinajstić information content (AvgIpc) is 4.01. The van der Waals surface area contributed by atoms with Crippen molar-refractivity contribution in [1.29, 1.82) is 0 Å². The van der Waals surface area contributed by atoms with Crippen LogP contribution in [0.4, 0.5) is 0 Å². The predicted molar refractivity (Wildman–Crippen MR) is 214 cm³/mol. The number of ether oxygens (including phenoxy) is 1. The fourth-order valence-electron chi connectivity index (χ4n) is 10.3. The predicted octanol–water partition coefficient (Wildman–Crippen LogP) is 7.81. The molecule has 8 nitrogen and oxygen atoms in total. The molecule has 0 unspecified atom stereocenters. The second-order valence-electron chi connectivity index (χ2n) is 17.6. The summed E-state index contributed by atoms with van der Waals surface area (Å²) >= 11 is 2.93. The molecule has 53 heavy (non-hydrogen) atoms. The maximum atomic E-state index is 13.2. The van der Waals surface area contributed by atoms with Gasteiger partial charge in [0.05, 0.1) is 16.1 Å². The van der Waals surface area contributed by atoms with Crippen molar-refractivity contribution in [2.75, 3.05) is 26.2 Å². The molecule has 2 atom stereocenters. The number of benzene rings is 2. The van der Waals surface area contributed by atoms with E-state index < -0.39 is 11.2 Å². The van der Waals surface area contributed by atoms with E-state index in [1.54, 1.807) is 31.3 Å². The Morgan fingerprint density at radius 2 is 1.32 bits per heavy atom. The van der Waals surface area contributed by atoms with Gasteiger partial charge in [-0.25, -0.2) is 0 Å². The topological polar surface area (TPSA) is 116 Å². The third kappa shape index (κ3) is 6.91. The molecule has 2 saturated carbocycles. The number of aliphatic hydroxyl groups is 2. The normalized spacial score (nSPS) is 28.7. The summed E-state index contributed by atoms with van der Waals surface area (Å²) in [5.41, 5.74) is 7.07. The number of Topliss-reactive ketones (excluding diaryl/α,β-unsaturated/α-hetero) is 1. The summed E-state index contributed by atoms with van der Waals surface area (Å²) in [4.78, 5) is 29.6. The Morgan fingerprint density at radius 3 is 1.81 bits per heavy atom. The van der Waals surface area contributed by atoms with E-state index in [2.05, 4.69) is 15.9 Å². The van der Waals surface area contributed by atoms with E-state index in [4.69, 9.17) is 10.5 Å². The number of rotatable bonds is 7. The molecule has 12 rings (SSSR count). The molecule has 10 heteroatoms. The molecule has 2 aliphatic carbocycles. The zero-order chi connectivity index (χ0) is 37.3. The zero-order valence-corrected chi connectivity index (χ0v) is 33.2. The molecule has 2 aromatic carbocycles. The van der Waals surface area contributed by atoms with Gasteiger partial charge < -0.3 is 20.7 Å². The number of piperidine rings is 6. The molecule has 4 bridgehead atoms. The summed E-state index contributed by atoms with van der Waals surface area (Å²) in [6.07, 6.45) is 11.3. The number of carbonyl (C=O) groups excluding carboxylic acids is 2. The lowest BCUT2D eigenvalue weighted by Gasteiger charge is -2.52. The molecule has 2 spiro atoms. The van der Waals surface area contributed by atoms with E-state index in [9.17, 15) is 19.8 Å². The number of hydrogen-bond acceptors (Lipinski definition) is 10. The lowest BCUT2D eigenvalue weighted by atomic mass is 9.70.